The second-order valence-electron chi connectivity index (χ2n) is 17.2. The van der Waals surface area contributed by atoms with Crippen molar-refractivity contribution in [2.24, 2.45) is 0 Å². The van der Waals surface area contributed by atoms with Crippen LogP contribution in [0.15, 0.2) is 121 Å². The van der Waals surface area contributed by atoms with Crippen molar-refractivity contribution in [1.29, 1.82) is 0 Å². The minimum Gasteiger partial charge on any atom is -0.457 e. The molecular weight excluding hydrogens is 673 g/mol. The molecule has 0 atom stereocenters. The lowest BCUT2D eigenvalue weighted by atomic mass is 9.87. The molecule has 0 amide bonds. The van der Waals surface area contributed by atoms with Crippen LogP contribution in [0.3, 0.4) is 0 Å². The number of para-hydroxylation sites is 2. The van der Waals surface area contributed by atoms with Gasteiger partial charge < -0.3 is 14.5 Å². The molecule has 5 nitrogen and oxygen atoms in total. The van der Waals surface area contributed by atoms with Crippen molar-refractivity contribution in [3.63, 3.8) is 0 Å². The number of fused-ring (bicyclic) bond motifs is 4. The molecule has 0 N–H and O–H groups in total. The normalized spacial score (nSPS) is 13.2. The second-order valence-corrected chi connectivity index (χ2v) is 17.2. The number of ether oxygens (including phenoxy) is 1. The Kier molecular flexibility index (Phi) is 9.45. The zero-order chi connectivity index (χ0) is 38.5. The monoisotopic (exact) mass is 726 g/mol. The summed E-state index contributed by atoms with van der Waals surface area (Å²) in [6.07, 6.45) is 6.34. The number of nitrogens with zero attached hydrogens (tertiary/aromatic N) is 4. The number of hydrogen-bond acceptors (Lipinski definition) is 4. The maximum Gasteiger partial charge on any atom is 0.137 e. The van der Waals surface area contributed by atoms with E-state index in [-0.39, 0.29) is 10.8 Å². The summed E-state index contributed by atoms with van der Waals surface area (Å²) in [6, 6.07) is 41.9. The van der Waals surface area contributed by atoms with Gasteiger partial charge >= 0.3 is 0 Å². The Labute approximate surface area is 327 Å². The van der Waals surface area contributed by atoms with E-state index in [9.17, 15) is 0 Å². The molecule has 0 spiro atoms. The topological polar surface area (TPSA) is 33.5 Å². The zero-order valence-electron chi connectivity index (χ0n) is 33.8. The molecule has 0 fully saturated rings. The summed E-state index contributed by atoms with van der Waals surface area (Å²) in [4.78, 5) is 9.76. The van der Waals surface area contributed by atoms with Crippen LogP contribution in [-0.4, -0.2) is 16.2 Å². The van der Waals surface area contributed by atoms with Crippen molar-refractivity contribution in [3.8, 4) is 17.3 Å². The lowest BCUT2D eigenvalue weighted by Crippen LogP contribution is -2.24. The molecule has 7 aromatic rings. The molecule has 3 heterocycles. The number of pyridine rings is 1. The first-order valence-corrected chi connectivity index (χ1v) is 20.0. The van der Waals surface area contributed by atoms with Crippen molar-refractivity contribution >= 4 is 44.6 Å². The molecule has 8 rings (SSSR count). The van der Waals surface area contributed by atoms with Gasteiger partial charge in [-0.3, -0.25) is 4.57 Å². The van der Waals surface area contributed by atoms with Gasteiger partial charge in [-0.25, -0.2) is 4.98 Å². The Hall–Kier alpha value is -5.55. The van der Waals surface area contributed by atoms with Gasteiger partial charge in [0.1, 0.15) is 24.0 Å². The molecule has 1 aliphatic heterocycles. The Bertz CT molecular complexity index is 2510. The van der Waals surface area contributed by atoms with E-state index >= 15 is 0 Å². The van der Waals surface area contributed by atoms with E-state index in [4.69, 9.17) is 9.72 Å². The fourth-order valence-electron chi connectivity index (χ4n) is 8.10. The number of rotatable bonds is 9. The molecule has 0 saturated heterocycles. The third-order valence-electron chi connectivity index (χ3n) is 11.1. The fraction of sp³-hybridized carbons (Fsp3) is 0.300. The smallest absolute Gasteiger partial charge is 0.137 e. The highest BCUT2D eigenvalue weighted by Crippen LogP contribution is 2.45. The molecule has 280 valence electrons. The third-order valence-corrected chi connectivity index (χ3v) is 11.1. The number of anilines is 4. The van der Waals surface area contributed by atoms with Gasteiger partial charge in [0.25, 0.3) is 0 Å². The van der Waals surface area contributed by atoms with Crippen LogP contribution in [0.2, 0.25) is 0 Å². The highest BCUT2D eigenvalue weighted by Gasteiger charge is 2.29. The van der Waals surface area contributed by atoms with Crippen LogP contribution >= 0.6 is 0 Å². The predicted octanol–water partition coefficient (Wildman–Crippen LogP) is 13.7. The predicted molar refractivity (Wildman–Crippen MR) is 233 cm³/mol. The van der Waals surface area contributed by atoms with Crippen LogP contribution in [0, 0.1) is 0 Å². The number of aromatic nitrogens is 2. The van der Waals surface area contributed by atoms with Gasteiger partial charge in [0.05, 0.1) is 22.4 Å². The molecule has 2 aromatic heterocycles. The van der Waals surface area contributed by atoms with E-state index in [1.54, 1.807) is 0 Å². The maximum atomic E-state index is 6.75. The molecule has 0 radical (unpaired) electrons. The summed E-state index contributed by atoms with van der Waals surface area (Å²) in [7, 11) is 0. The SMILES string of the molecule is CCCc1cc2c3ccc(Oc4cccc(N5CN(c6cccc(C(C)(C)C)c6)c6ccccc65)c4)cc3n(-c3cc(C(C)(C)C)ccn3)c2cc1CCC. The lowest BCUT2D eigenvalue weighted by molar-refractivity contribution is 0.483. The summed E-state index contributed by atoms with van der Waals surface area (Å²) < 4.78 is 9.10. The van der Waals surface area contributed by atoms with Gasteiger partial charge in [-0.2, -0.15) is 0 Å². The van der Waals surface area contributed by atoms with Crippen molar-refractivity contribution < 1.29 is 4.74 Å². The Morgan fingerprint density at radius 2 is 1.16 bits per heavy atom. The first kappa shape index (κ1) is 36.4. The first-order chi connectivity index (χ1) is 26.4. The summed E-state index contributed by atoms with van der Waals surface area (Å²) in [5.41, 5.74) is 12.5. The molecule has 0 unspecified atom stereocenters. The molecule has 55 heavy (non-hydrogen) atoms. The Morgan fingerprint density at radius 1 is 0.564 bits per heavy atom. The minimum absolute atomic E-state index is 0.000748. The van der Waals surface area contributed by atoms with Gasteiger partial charge in [0.15, 0.2) is 0 Å². The summed E-state index contributed by atoms with van der Waals surface area (Å²) in [5.74, 6) is 2.53. The molecule has 0 saturated carbocycles. The van der Waals surface area contributed by atoms with Crippen LogP contribution in [0.5, 0.6) is 11.5 Å². The van der Waals surface area contributed by atoms with Gasteiger partial charge in [-0.15, -0.1) is 0 Å². The van der Waals surface area contributed by atoms with E-state index in [2.05, 4.69) is 185 Å². The van der Waals surface area contributed by atoms with Crippen molar-refractivity contribution in [3.05, 3.63) is 144 Å². The zero-order valence-corrected chi connectivity index (χ0v) is 33.8. The summed E-state index contributed by atoms with van der Waals surface area (Å²) in [5, 5.41) is 2.48. The van der Waals surface area contributed by atoms with Crippen molar-refractivity contribution in [2.75, 3.05) is 16.5 Å². The summed E-state index contributed by atoms with van der Waals surface area (Å²) in [6.45, 7) is 18.9. The van der Waals surface area contributed by atoms with E-state index in [0.29, 0.717) is 6.67 Å². The minimum atomic E-state index is 0.000748. The highest BCUT2D eigenvalue weighted by atomic mass is 16.5. The average Bonchev–Trinajstić information content (AvgIpc) is 3.70. The molecular formula is C50H54N4O. The van der Waals surface area contributed by atoms with E-state index in [1.807, 2.05) is 6.20 Å². The van der Waals surface area contributed by atoms with Crippen LogP contribution in [-0.2, 0) is 23.7 Å². The van der Waals surface area contributed by atoms with Gasteiger partial charge in [-0.05, 0) is 119 Å². The third kappa shape index (κ3) is 6.97. The van der Waals surface area contributed by atoms with Gasteiger partial charge in [-0.1, -0.05) is 98.6 Å². The first-order valence-electron chi connectivity index (χ1n) is 20.0. The quantitative estimate of drug-likeness (QED) is 0.148. The number of hydrogen-bond donors (Lipinski definition) is 0. The number of benzene rings is 5. The largest absolute Gasteiger partial charge is 0.457 e. The van der Waals surface area contributed by atoms with Crippen LogP contribution in [0.1, 0.15) is 90.5 Å². The van der Waals surface area contributed by atoms with Gasteiger partial charge in [0.2, 0.25) is 0 Å². The molecule has 5 heteroatoms. The van der Waals surface area contributed by atoms with E-state index in [0.717, 1.165) is 54.2 Å². The molecule has 0 aliphatic carbocycles. The van der Waals surface area contributed by atoms with Gasteiger partial charge in [0, 0.05) is 40.5 Å². The van der Waals surface area contributed by atoms with Crippen LogP contribution < -0.4 is 14.5 Å². The highest BCUT2D eigenvalue weighted by molar-refractivity contribution is 6.10. The van der Waals surface area contributed by atoms with Crippen LogP contribution in [0.25, 0.3) is 27.6 Å². The van der Waals surface area contributed by atoms with Crippen molar-refractivity contribution in [2.45, 2.75) is 91.9 Å². The van der Waals surface area contributed by atoms with E-state index < -0.39 is 0 Å². The molecule has 1 aliphatic rings. The second kappa shape index (κ2) is 14.3. The Balaban J connectivity index is 1.19. The molecule has 5 aromatic carbocycles. The van der Waals surface area contributed by atoms with E-state index in [1.165, 1.54) is 55.6 Å². The molecule has 0 bridgehead atoms. The van der Waals surface area contributed by atoms with Crippen LogP contribution in [0.4, 0.5) is 22.7 Å². The van der Waals surface area contributed by atoms with Crippen molar-refractivity contribution in [1.82, 2.24) is 9.55 Å². The fourth-order valence-corrected chi connectivity index (χ4v) is 8.10. The lowest BCUT2D eigenvalue weighted by Gasteiger charge is -2.25. The average molecular weight is 727 g/mol. The summed E-state index contributed by atoms with van der Waals surface area (Å²) >= 11 is 0. The number of aryl methyl sites for hydroxylation is 2. The maximum absolute atomic E-state index is 6.75. The standard InChI is InChI=1S/C50H54N4O/c1-9-15-34-27-43-42-24-23-41(32-47(42)54(46(43)28-35(34)16-10-2)48-30-37(25-26-51-48)50(6,7)8)55-40-20-14-19-39(31-40)53-33-52(44-21-11-12-22-45(44)53)38-18-13-17-36(29-38)49(3,4)5/h11-14,17-32H,9-10,15-16,33H2,1-8H3. The Morgan fingerprint density at radius 3 is 1.84 bits per heavy atom.